The Labute approximate surface area is 113 Å². The van der Waals surface area contributed by atoms with Crippen LogP contribution in [0.5, 0.6) is 0 Å². The molecular formula is C11H15N5O2S. The molecule has 3 heterocycles. The van der Waals surface area contributed by atoms with E-state index in [-0.39, 0.29) is 16.8 Å². The van der Waals surface area contributed by atoms with Crippen LogP contribution >= 0.6 is 11.3 Å². The molecule has 1 atom stereocenters. The Bertz CT molecular complexity index is 607. The van der Waals surface area contributed by atoms with Gasteiger partial charge in [-0.15, -0.1) is 0 Å². The highest BCUT2D eigenvalue weighted by molar-refractivity contribution is 7.15. The van der Waals surface area contributed by atoms with Crippen LogP contribution < -0.4 is 10.6 Å². The Balaban J connectivity index is 2.10. The SMILES string of the molecule is NCC1CCCCN1c1nc2sccn2c1[N+](=O)[O-]. The summed E-state index contributed by atoms with van der Waals surface area (Å²) in [5, 5.41) is 13.1. The molecule has 1 aliphatic rings. The third-order valence-electron chi connectivity index (χ3n) is 3.56. The van der Waals surface area contributed by atoms with Gasteiger partial charge in [0, 0.05) is 24.5 Å². The monoisotopic (exact) mass is 281 g/mol. The molecule has 102 valence electrons. The molecule has 2 aromatic heterocycles. The summed E-state index contributed by atoms with van der Waals surface area (Å²) in [5.41, 5.74) is 5.78. The van der Waals surface area contributed by atoms with Crippen LogP contribution in [0.3, 0.4) is 0 Å². The van der Waals surface area contributed by atoms with Gasteiger partial charge in [0.15, 0.2) is 0 Å². The summed E-state index contributed by atoms with van der Waals surface area (Å²) in [5.74, 6) is 0.517. The minimum atomic E-state index is -0.357. The lowest BCUT2D eigenvalue weighted by Crippen LogP contribution is -2.44. The van der Waals surface area contributed by atoms with Gasteiger partial charge in [-0.05, 0) is 24.2 Å². The minimum absolute atomic E-state index is 0.0524. The number of fused-ring (bicyclic) bond motifs is 1. The van der Waals surface area contributed by atoms with Crippen molar-refractivity contribution in [2.45, 2.75) is 25.3 Å². The highest BCUT2D eigenvalue weighted by Crippen LogP contribution is 2.34. The Hall–Kier alpha value is -1.67. The van der Waals surface area contributed by atoms with Gasteiger partial charge in [-0.2, -0.15) is 9.38 Å². The van der Waals surface area contributed by atoms with Gasteiger partial charge in [0.25, 0.3) is 4.96 Å². The van der Waals surface area contributed by atoms with Crippen molar-refractivity contribution < 1.29 is 4.92 Å². The smallest absolute Gasteiger partial charge is 0.358 e. The number of nitro groups is 1. The van der Waals surface area contributed by atoms with Crippen molar-refractivity contribution in [3.63, 3.8) is 0 Å². The number of hydrogen-bond acceptors (Lipinski definition) is 6. The van der Waals surface area contributed by atoms with Crippen LogP contribution in [0.2, 0.25) is 0 Å². The number of rotatable bonds is 3. The van der Waals surface area contributed by atoms with Crippen LogP contribution in [0.1, 0.15) is 19.3 Å². The van der Waals surface area contributed by atoms with Gasteiger partial charge in [0.05, 0.1) is 0 Å². The van der Waals surface area contributed by atoms with E-state index in [1.54, 1.807) is 16.0 Å². The van der Waals surface area contributed by atoms with Crippen LogP contribution in [0.15, 0.2) is 11.6 Å². The first kappa shape index (κ1) is 12.4. The quantitative estimate of drug-likeness (QED) is 0.682. The molecule has 0 aromatic carbocycles. The van der Waals surface area contributed by atoms with E-state index in [1.807, 2.05) is 4.90 Å². The van der Waals surface area contributed by atoms with Crippen molar-refractivity contribution in [1.82, 2.24) is 9.38 Å². The summed E-state index contributed by atoms with van der Waals surface area (Å²) < 4.78 is 1.54. The standard InChI is InChI=1S/C11H15N5O2S/c12-7-8-3-1-2-4-14(8)9-10(16(17)18)15-5-6-19-11(15)13-9/h5-6,8H,1-4,7,12H2. The number of aromatic nitrogens is 2. The van der Waals surface area contributed by atoms with Crippen molar-refractivity contribution in [3.05, 3.63) is 21.7 Å². The maximum absolute atomic E-state index is 11.3. The number of anilines is 1. The van der Waals surface area contributed by atoms with Crippen LogP contribution in [0, 0.1) is 10.1 Å². The van der Waals surface area contributed by atoms with Crippen LogP contribution in [-0.4, -0.2) is 33.4 Å². The Morgan fingerprint density at radius 1 is 1.58 bits per heavy atom. The molecule has 0 spiro atoms. The first-order valence-electron chi connectivity index (χ1n) is 6.29. The van der Waals surface area contributed by atoms with E-state index in [0.29, 0.717) is 17.3 Å². The summed E-state index contributed by atoms with van der Waals surface area (Å²) in [6.45, 7) is 1.29. The zero-order valence-corrected chi connectivity index (χ0v) is 11.2. The van der Waals surface area contributed by atoms with Crippen molar-refractivity contribution in [1.29, 1.82) is 0 Å². The number of thiazole rings is 1. The van der Waals surface area contributed by atoms with Gasteiger partial charge in [-0.1, -0.05) is 11.3 Å². The van der Waals surface area contributed by atoms with E-state index < -0.39 is 0 Å². The molecule has 1 aliphatic heterocycles. The van der Waals surface area contributed by atoms with E-state index in [9.17, 15) is 10.1 Å². The highest BCUT2D eigenvalue weighted by atomic mass is 32.1. The zero-order valence-electron chi connectivity index (χ0n) is 10.4. The lowest BCUT2D eigenvalue weighted by atomic mass is 10.0. The van der Waals surface area contributed by atoms with Gasteiger partial charge in [-0.3, -0.25) is 0 Å². The average Bonchev–Trinajstić information content (AvgIpc) is 2.97. The molecule has 0 aliphatic carbocycles. The zero-order chi connectivity index (χ0) is 13.4. The second kappa shape index (κ2) is 4.78. The van der Waals surface area contributed by atoms with Gasteiger partial charge >= 0.3 is 5.82 Å². The molecule has 7 nitrogen and oxygen atoms in total. The number of imidazole rings is 1. The summed E-state index contributed by atoms with van der Waals surface area (Å²) in [4.78, 5) is 18.0. The summed E-state index contributed by atoms with van der Waals surface area (Å²) >= 11 is 1.40. The van der Waals surface area contributed by atoms with E-state index in [2.05, 4.69) is 4.98 Å². The summed E-state index contributed by atoms with van der Waals surface area (Å²) in [7, 11) is 0. The maximum atomic E-state index is 11.3. The van der Waals surface area contributed by atoms with E-state index in [0.717, 1.165) is 25.8 Å². The van der Waals surface area contributed by atoms with Crippen molar-refractivity contribution in [3.8, 4) is 0 Å². The lowest BCUT2D eigenvalue weighted by molar-refractivity contribution is -0.389. The molecule has 1 fully saturated rings. The average molecular weight is 281 g/mol. The van der Waals surface area contributed by atoms with Gasteiger partial charge in [0.1, 0.15) is 6.20 Å². The predicted octanol–water partition coefficient (Wildman–Crippen LogP) is 1.62. The fourth-order valence-electron chi connectivity index (χ4n) is 2.65. The molecule has 2 N–H and O–H groups in total. The number of nitrogens with two attached hydrogens (primary N) is 1. The summed E-state index contributed by atoms with van der Waals surface area (Å²) in [6, 6.07) is 0.150. The molecule has 0 radical (unpaired) electrons. The third-order valence-corrected chi connectivity index (χ3v) is 4.32. The molecule has 19 heavy (non-hydrogen) atoms. The third kappa shape index (κ3) is 1.96. The van der Waals surface area contributed by atoms with E-state index >= 15 is 0 Å². The topological polar surface area (TPSA) is 89.7 Å². The predicted molar refractivity (Wildman–Crippen MR) is 73.8 cm³/mol. The second-order valence-corrected chi connectivity index (χ2v) is 5.52. The van der Waals surface area contributed by atoms with Crippen molar-refractivity contribution in [2.24, 2.45) is 5.73 Å². The van der Waals surface area contributed by atoms with Crippen molar-refractivity contribution in [2.75, 3.05) is 18.0 Å². The van der Waals surface area contributed by atoms with Gasteiger partial charge in [0.2, 0.25) is 5.82 Å². The van der Waals surface area contributed by atoms with Crippen LogP contribution in [0.25, 0.3) is 4.96 Å². The fourth-order valence-corrected chi connectivity index (χ4v) is 3.35. The molecule has 3 rings (SSSR count). The molecule has 2 aromatic rings. The lowest BCUT2D eigenvalue weighted by Gasteiger charge is -2.34. The van der Waals surface area contributed by atoms with Crippen LogP contribution in [-0.2, 0) is 0 Å². The first-order valence-corrected chi connectivity index (χ1v) is 7.17. The number of piperidine rings is 1. The first-order chi connectivity index (χ1) is 9.22. The Kier molecular flexibility index (Phi) is 3.11. The summed E-state index contributed by atoms with van der Waals surface area (Å²) in [6.07, 6.45) is 4.81. The molecule has 0 amide bonds. The molecule has 1 saturated heterocycles. The molecule has 0 saturated carbocycles. The fraction of sp³-hybridized carbons (Fsp3) is 0.545. The minimum Gasteiger partial charge on any atom is -0.358 e. The van der Waals surface area contributed by atoms with Crippen LogP contribution in [0.4, 0.5) is 11.6 Å². The molecule has 1 unspecified atom stereocenters. The van der Waals surface area contributed by atoms with Gasteiger partial charge in [-0.25, -0.2) is 0 Å². The number of hydrogen-bond donors (Lipinski definition) is 1. The molecular weight excluding hydrogens is 266 g/mol. The van der Waals surface area contributed by atoms with Crippen molar-refractivity contribution >= 4 is 27.9 Å². The van der Waals surface area contributed by atoms with E-state index in [4.69, 9.17) is 5.73 Å². The molecule has 8 heteroatoms. The second-order valence-electron chi connectivity index (χ2n) is 4.65. The van der Waals surface area contributed by atoms with E-state index in [1.165, 1.54) is 11.3 Å². The maximum Gasteiger partial charge on any atom is 0.373 e. The van der Waals surface area contributed by atoms with Gasteiger partial charge < -0.3 is 20.7 Å². The highest BCUT2D eigenvalue weighted by Gasteiger charge is 2.32. The number of nitrogens with zero attached hydrogens (tertiary/aromatic N) is 4. The molecule has 0 bridgehead atoms. The Morgan fingerprint density at radius 3 is 3.16 bits per heavy atom. The Morgan fingerprint density at radius 2 is 2.42 bits per heavy atom. The largest absolute Gasteiger partial charge is 0.373 e. The normalized spacial score (nSPS) is 20.1.